The van der Waals surface area contributed by atoms with Gasteiger partial charge in [0, 0.05) is 37.0 Å². The highest BCUT2D eigenvalue weighted by Gasteiger charge is 2.35. The summed E-state index contributed by atoms with van der Waals surface area (Å²) >= 11 is 1.43. The van der Waals surface area contributed by atoms with Gasteiger partial charge >= 0.3 is 5.97 Å². The molecule has 4 heterocycles. The van der Waals surface area contributed by atoms with Gasteiger partial charge in [-0.25, -0.2) is 23.1 Å². The van der Waals surface area contributed by atoms with E-state index in [1.165, 1.54) is 41.7 Å². The number of anilines is 1. The van der Waals surface area contributed by atoms with Gasteiger partial charge < -0.3 is 15.0 Å². The maximum absolute atomic E-state index is 14.7. The second-order valence-electron chi connectivity index (χ2n) is 10.9. The first-order valence-electron chi connectivity index (χ1n) is 14.1. The van der Waals surface area contributed by atoms with Crippen LogP contribution in [0.25, 0.3) is 5.65 Å². The number of halogens is 2. The van der Waals surface area contributed by atoms with Crippen molar-refractivity contribution in [2.45, 2.75) is 42.5 Å². The van der Waals surface area contributed by atoms with Gasteiger partial charge in [-0.05, 0) is 66.3 Å². The van der Waals surface area contributed by atoms with E-state index in [1.54, 1.807) is 18.2 Å². The van der Waals surface area contributed by atoms with Crippen molar-refractivity contribution < 1.29 is 23.1 Å². The second-order valence-corrected chi connectivity index (χ2v) is 11.8. The van der Waals surface area contributed by atoms with Crippen LogP contribution in [0.3, 0.4) is 0 Å². The van der Waals surface area contributed by atoms with E-state index in [0.717, 1.165) is 23.4 Å². The van der Waals surface area contributed by atoms with Gasteiger partial charge in [0.15, 0.2) is 11.3 Å². The van der Waals surface area contributed by atoms with Gasteiger partial charge in [-0.15, -0.1) is 16.9 Å². The van der Waals surface area contributed by atoms with E-state index in [-0.39, 0.29) is 48.4 Å². The molecule has 6 rings (SSSR count). The lowest BCUT2D eigenvalue weighted by atomic mass is 10.0. The fourth-order valence-electron chi connectivity index (χ4n) is 5.95. The van der Waals surface area contributed by atoms with Crippen molar-refractivity contribution in [2.75, 3.05) is 37.9 Å². The Morgan fingerprint density at radius 3 is 2.81 bits per heavy atom. The fraction of sp³-hybridized carbons (Fsp3) is 0.355. The van der Waals surface area contributed by atoms with E-state index in [1.807, 2.05) is 35.4 Å². The number of hydrogen-bond donors (Lipinski definition) is 1. The quantitative estimate of drug-likeness (QED) is 0.229. The van der Waals surface area contributed by atoms with Gasteiger partial charge in [0.2, 0.25) is 0 Å². The van der Waals surface area contributed by atoms with Gasteiger partial charge in [-0.3, -0.25) is 9.69 Å². The van der Waals surface area contributed by atoms with Crippen molar-refractivity contribution in [3.05, 3.63) is 89.0 Å². The Balaban J connectivity index is 1.16. The first-order valence-corrected chi connectivity index (χ1v) is 15.3. The second kappa shape index (κ2) is 12.3. The van der Waals surface area contributed by atoms with Crippen LogP contribution in [0.15, 0.2) is 65.7 Å². The minimum Gasteiger partial charge on any atom is -0.465 e. The zero-order chi connectivity index (χ0) is 30.1. The van der Waals surface area contributed by atoms with Gasteiger partial charge in [0.25, 0.3) is 5.91 Å². The van der Waals surface area contributed by atoms with Crippen LogP contribution in [0.2, 0.25) is 0 Å². The Hall–Kier alpha value is -4.03. The third-order valence-electron chi connectivity index (χ3n) is 8.00. The summed E-state index contributed by atoms with van der Waals surface area (Å²) in [5.41, 5.74) is 2.97. The normalized spacial score (nSPS) is 20.6. The van der Waals surface area contributed by atoms with E-state index in [2.05, 4.69) is 15.2 Å². The average molecular weight is 607 g/mol. The van der Waals surface area contributed by atoms with Crippen LogP contribution < -0.4 is 10.2 Å². The smallest absolute Gasteiger partial charge is 0.337 e. The van der Waals surface area contributed by atoms with Crippen molar-refractivity contribution >= 4 is 35.1 Å². The standard InChI is InChI=1S/C31H32F2N6O3S/c1-42-31(41)20-5-3-4-19(10-20)16-37-9-8-24(18-37)35-30(40)27-15-34-28-6-7-29(36-39(27)28)38-17-23(33)14-26(38)21-11-22(32)13-25(12-21)43-2/h3-7,10-13,15,23-24,26H,8-9,14,16-18H2,1-2H3,(H,35,40). The summed E-state index contributed by atoms with van der Waals surface area (Å²) in [6.07, 6.45) is 3.26. The molecule has 9 nitrogen and oxygen atoms in total. The van der Waals surface area contributed by atoms with E-state index in [0.29, 0.717) is 35.7 Å². The topological polar surface area (TPSA) is 92.1 Å². The number of likely N-dealkylation sites (tertiary alicyclic amines) is 1. The molecule has 0 aliphatic carbocycles. The Labute approximate surface area is 252 Å². The zero-order valence-electron chi connectivity index (χ0n) is 23.9. The molecule has 0 bridgehead atoms. The fourth-order valence-corrected chi connectivity index (χ4v) is 6.43. The molecule has 43 heavy (non-hydrogen) atoms. The number of carbonyl (C=O) groups excluding carboxylic acids is 2. The lowest BCUT2D eigenvalue weighted by molar-refractivity contribution is 0.0600. The first kappa shape index (κ1) is 29.1. The molecule has 2 fully saturated rings. The average Bonchev–Trinajstić information content (AvgIpc) is 3.74. The van der Waals surface area contributed by atoms with Crippen LogP contribution >= 0.6 is 11.8 Å². The van der Waals surface area contributed by atoms with Crippen LogP contribution in [0.5, 0.6) is 0 Å². The molecule has 2 aromatic carbocycles. The maximum atomic E-state index is 14.7. The van der Waals surface area contributed by atoms with Crippen molar-refractivity contribution in [1.82, 2.24) is 24.8 Å². The molecule has 0 spiro atoms. The largest absolute Gasteiger partial charge is 0.465 e. The van der Waals surface area contributed by atoms with Gasteiger partial charge in [-0.2, -0.15) is 0 Å². The molecule has 1 amide bonds. The van der Waals surface area contributed by atoms with Crippen molar-refractivity contribution in [3.63, 3.8) is 0 Å². The molecular formula is C31H32F2N6O3S. The highest BCUT2D eigenvalue weighted by Crippen LogP contribution is 2.38. The predicted octanol–water partition coefficient (Wildman–Crippen LogP) is 4.67. The number of hydrogen-bond acceptors (Lipinski definition) is 8. The van der Waals surface area contributed by atoms with Crippen LogP contribution in [-0.2, 0) is 11.3 Å². The summed E-state index contributed by atoms with van der Waals surface area (Å²) in [5, 5.41) is 7.80. The number of methoxy groups -OCH3 is 1. The third kappa shape index (κ3) is 6.21. The van der Waals surface area contributed by atoms with Crippen molar-refractivity contribution in [1.29, 1.82) is 0 Å². The van der Waals surface area contributed by atoms with Crippen molar-refractivity contribution in [2.24, 2.45) is 0 Å². The maximum Gasteiger partial charge on any atom is 0.337 e. The zero-order valence-corrected chi connectivity index (χ0v) is 24.7. The van der Waals surface area contributed by atoms with Crippen LogP contribution in [0, 0.1) is 5.82 Å². The summed E-state index contributed by atoms with van der Waals surface area (Å²) in [6.45, 7) is 2.21. The molecule has 2 aliphatic rings. The number of benzene rings is 2. The summed E-state index contributed by atoms with van der Waals surface area (Å²) in [4.78, 5) is 34.4. The number of rotatable bonds is 8. The molecule has 2 aromatic heterocycles. The number of nitrogens with one attached hydrogen (secondary N) is 1. The highest BCUT2D eigenvalue weighted by atomic mass is 32.2. The lowest BCUT2D eigenvalue weighted by Crippen LogP contribution is -2.37. The molecule has 3 atom stereocenters. The molecular weight excluding hydrogens is 574 g/mol. The number of thioether (sulfide) groups is 1. The number of fused-ring (bicyclic) bond motifs is 1. The summed E-state index contributed by atoms with van der Waals surface area (Å²) < 4.78 is 35.4. The van der Waals surface area contributed by atoms with E-state index >= 15 is 0 Å². The minimum absolute atomic E-state index is 0.0705. The summed E-state index contributed by atoms with van der Waals surface area (Å²) in [7, 11) is 1.36. The number of alkyl halides is 1. The Morgan fingerprint density at radius 2 is 2.00 bits per heavy atom. The third-order valence-corrected chi connectivity index (χ3v) is 8.71. The predicted molar refractivity (Wildman–Crippen MR) is 160 cm³/mol. The van der Waals surface area contributed by atoms with Gasteiger partial charge in [0.1, 0.15) is 17.8 Å². The Bertz CT molecular complexity index is 1670. The van der Waals surface area contributed by atoms with E-state index in [9.17, 15) is 18.4 Å². The minimum atomic E-state index is -1.10. The summed E-state index contributed by atoms with van der Waals surface area (Å²) in [5.74, 6) is -0.545. The molecule has 3 unspecified atom stereocenters. The van der Waals surface area contributed by atoms with Gasteiger partial charge in [-0.1, -0.05) is 12.1 Å². The molecule has 1 N–H and O–H groups in total. The van der Waals surface area contributed by atoms with Crippen LogP contribution in [0.1, 0.15) is 50.9 Å². The van der Waals surface area contributed by atoms with Crippen LogP contribution in [0.4, 0.5) is 14.6 Å². The lowest BCUT2D eigenvalue weighted by Gasteiger charge is -2.26. The van der Waals surface area contributed by atoms with E-state index in [4.69, 9.17) is 9.84 Å². The first-order chi connectivity index (χ1) is 20.8. The monoisotopic (exact) mass is 606 g/mol. The molecule has 12 heteroatoms. The number of carbonyl (C=O) groups is 2. The number of nitrogens with zero attached hydrogens (tertiary/aromatic N) is 5. The number of aromatic nitrogens is 3. The number of amides is 1. The molecule has 4 aromatic rings. The molecule has 0 saturated carbocycles. The Kier molecular flexibility index (Phi) is 8.31. The Morgan fingerprint density at radius 1 is 1.14 bits per heavy atom. The number of imidazole rings is 1. The number of ether oxygens (including phenoxy) is 1. The number of esters is 1. The van der Waals surface area contributed by atoms with Crippen LogP contribution in [-0.4, -0.2) is 76.6 Å². The molecule has 2 aliphatic heterocycles. The van der Waals surface area contributed by atoms with Crippen molar-refractivity contribution in [3.8, 4) is 0 Å². The summed E-state index contributed by atoms with van der Waals surface area (Å²) in [6, 6.07) is 15.2. The highest BCUT2D eigenvalue weighted by molar-refractivity contribution is 7.98. The SMILES string of the molecule is COC(=O)c1cccc(CN2CCC(NC(=O)c3cnc4ccc(N5CC(F)CC5c5cc(F)cc(SC)c5)nn34)C2)c1. The molecule has 224 valence electrons. The molecule has 2 saturated heterocycles. The van der Waals surface area contributed by atoms with Gasteiger partial charge in [0.05, 0.1) is 31.5 Å². The molecule has 0 radical (unpaired) electrons. The van der Waals surface area contributed by atoms with E-state index < -0.39 is 6.17 Å².